The predicted molar refractivity (Wildman–Crippen MR) is 144 cm³/mol. The van der Waals surface area contributed by atoms with Crippen LogP contribution in [-0.4, -0.2) is 24.8 Å². The van der Waals surface area contributed by atoms with Crippen LogP contribution in [0.4, 0.5) is 0 Å². The lowest BCUT2D eigenvalue weighted by molar-refractivity contribution is -0.197. The summed E-state index contributed by atoms with van der Waals surface area (Å²) in [6.07, 6.45) is 9.96. The van der Waals surface area contributed by atoms with Gasteiger partial charge in [0.1, 0.15) is 0 Å². The Morgan fingerprint density at radius 3 is 2.27 bits per heavy atom. The van der Waals surface area contributed by atoms with Crippen molar-refractivity contribution in [2.75, 3.05) is 7.11 Å². The maximum absolute atomic E-state index is 13.4. The fraction of sp³-hybridized carbons (Fsp3) is 0.844. The highest BCUT2D eigenvalue weighted by atomic mass is 16.5. The van der Waals surface area contributed by atoms with Crippen LogP contribution < -0.4 is 5.73 Å². The van der Waals surface area contributed by atoms with Crippen molar-refractivity contribution in [3.05, 3.63) is 11.6 Å². The van der Waals surface area contributed by atoms with Crippen LogP contribution in [0.5, 0.6) is 0 Å². The van der Waals surface area contributed by atoms with E-state index in [0.717, 1.165) is 44.9 Å². The minimum atomic E-state index is -0.700. The highest BCUT2D eigenvalue weighted by molar-refractivity contribution is 6.04. The van der Waals surface area contributed by atoms with Crippen molar-refractivity contribution >= 4 is 17.7 Å². The van der Waals surface area contributed by atoms with E-state index in [1.54, 1.807) is 7.11 Å². The van der Waals surface area contributed by atoms with Crippen LogP contribution in [0, 0.1) is 62.6 Å². The number of ketones is 1. The summed E-state index contributed by atoms with van der Waals surface area (Å²) in [5.41, 5.74) is 6.24. The number of carbonyl (C=O) groups excluding carboxylic acids is 3. The summed E-state index contributed by atoms with van der Waals surface area (Å²) in [7, 11) is 1.56. The van der Waals surface area contributed by atoms with Crippen molar-refractivity contribution in [3.63, 3.8) is 0 Å². The van der Waals surface area contributed by atoms with Crippen LogP contribution in [0.3, 0.4) is 0 Å². The maximum Gasteiger partial charge on any atom is 0.312 e. The van der Waals surface area contributed by atoms with E-state index in [1.165, 1.54) is 5.57 Å². The molecule has 5 aliphatic rings. The molecule has 0 aromatic heterocycles. The molecule has 5 nitrogen and oxygen atoms in total. The van der Waals surface area contributed by atoms with E-state index in [-0.39, 0.29) is 39.8 Å². The molecule has 1 amide bonds. The normalized spacial score (nSPS) is 50.5. The predicted octanol–water partition coefficient (Wildman–Crippen LogP) is 6.10. The lowest BCUT2D eigenvalue weighted by Gasteiger charge is -2.71. The van der Waals surface area contributed by atoms with Gasteiger partial charge in [-0.3, -0.25) is 14.4 Å². The summed E-state index contributed by atoms with van der Waals surface area (Å²) in [5.74, 6) is 0.683. The average molecular weight is 512 g/mol. The fourth-order valence-corrected chi connectivity index (χ4v) is 11.3. The van der Waals surface area contributed by atoms with Crippen molar-refractivity contribution in [2.24, 2.45) is 68.3 Å². The minimum Gasteiger partial charge on any atom is -0.469 e. The van der Waals surface area contributed by atoms with Gasteiger partial charge in [-0.05, 0) is 97.2 Å². The Hall–Kier alpha value is -1.65. The van der Waals surface area contributed by atoms with Gasteiger partial charge >= 0.3 is 5.97 Å². The summed E-state index contributed by atoms with van der Waals surface area (Å²) >= 11 is 0. The number of methoxy groups -OCH3 is 1. The van der Waals surface area contributed by atoms with Crippen LogP contribution in [-0.2, 0) is 19.1 Å². The smallest absolute Gasteiger partial charge is 0.312 e. The first-order chi connectivity index (χ1) is 17.1. The second-order valence-corrected chi connectivity index (χ2v) is 15.0. The molecule has 0 aliphatic heterocycles. The standard InChI is InChI=1S/C32H49NO4/c1-18-11-14-32(27(36)37-8)16-15-30(6)21(24(32)19(18)2)9-10-23-29(5)17-20(26(33)35)25(34)28(3,4)22(29)12-13-31(23,30)7/h9,18-20,22-24H,10-17H2,1-8H3,(H2,33,35)/t18-,19+,20-,22+,23-,24+,29+,30-,31-,32+/m1/s1. The van der Waals surface area contributed by atoms with Crippen molar-refractivity contribution in [2.45, 2.75) is 99.8 Å². The van der Waals surface area contributed by atoms with E-state index >= 15 is 0 Å². The molecule has 0 aromatic carbocycles. The minimum absolute atomic E-state index is 0.0148. The Morgan fingerprint density at radius 1 is 0.973 bits per heavy atom. The number of carbonyl (C=O) groups is 3. The first-order valence-corrected chi connectivity index (χ1v) is 14.7. The number of hydrogen-bond acceptors (Lipinski definition) is 4. The number of esters is 1. The van der Waals surface area contributed by atoms with Crippen molar-refractivity contribution in [1.29, 1.82) is 0 Å². The molecule has 5 aliphatic carbocycles. The Balaban J connectivity index is 1.63. The summed E-state index contributed by atoms with van der Waals surface area (Å²) in [6, 6.07) is 0. The molecule has 0 bridgehead atoms. The molecule has 2 N–H and O–H groups in total. The zero-order valence-corrected chi connectivity index (χ0v) is 24.4. The Kier molecular flexibility index (Phi) is 5.95. The first kappa shape index (κ1) is 26.9. The van der Waals surface area contributed by atoms with Crippen LogP contribution in [0.15, 0.2) is 11.6 Å². The molecule has 0 unspecified atom stereocenters. The number of amides is 1. The summed E-state index contributed by atoms with van der Waals surface area (Å²) in [5, 5.41) is 0. The third-order valence-electron chi connectivity index (χ3n) is 13.7. The number of ether oxygens (including phenoxy) is 1. The largest absolute Gasteiger partial charge is 0.469 e. The highest BCUT2D eigenvalue weighted by Gasteiger charge is 2.70. The molecule has 5 heteroatoms. The summed E-state index contributed by atoms with van der Waals surface area (Å²) < 4.78 is 5.49. The molecule has 0 heterocycles. The van der Waals surface area contributed by atoms with E-state index in [9.17, 15) is 14.4 Å². The number of nitrogens with two attached hydrogens (primary N) is 1. The van der Waals surface area contributed by atoms with Crippen molar-refractivity contribution < 1.29 is 19.1 Å². The Bertz CT molecular complexity index is 1060. The van der Waals surface area contributed by atoms with Gasteiger partial charge in [0.15, 0.2) is 5.78 Å². The third-order valence-corrected chi connectivity index (χ3v) is 13.7. The zero-order valence-electron chi connectivity index (χ0n) is 24.4. The highest BCUT2D eigenvalue weighted by Crippen LogP contribution is 2.75. The van der Waals surface area contributed by atoms with Gasteiger partial charge in [-0.15, -0.1) is 0 Å². The lowest BCUT2D eigenvalue weighted by atomic mass is 9.33. The third kappa shape index (κ3) is 3.18. The molecule has 10 atom stereocenters. The van der Waals surface area contributed by atoms with E-state index in [2.05, 4.69) is 54.5 Å². The van der Waals surface area contributed by atoms with Crippen LogP contribution in [0.2, 0.25) is 0 Å². The number of Topliss-reactive ketones (excluding diaryl/α,β-unsaturated/α-hetero) is 1. The second-order valence-electron chi connectivity index (χ2n) is 15.0. The summed E-state index contributed by atoms with van der Waals surface area (Å²) in [4.78, 5) is 39.3. The van der Waals surface area contributed by atoms with Gasteiger partial charge in [0.25, 0.3) is 0 Å². The molecule has 206 valence electrons. The maximum atomic E-state index is 13.4. The van der Waals surface area contributed by atoms with Gasteiger partial charge in [0, 0.05) is 5.41 Å². The number of hydrogen-bond donors (Lipinski definition) is 1. The molecule has 0 radical (unpaired) electrons. The van der Waals surface area contributed by atoms with Crippen LogP contribution >= 0.6 is 0 Å². The van der Waals surface area contributed by atoms with E-state index in [1.807, 2.05) is 0 Å². The molecule has 0 spiro atoms. The van der Waals surface area contributed by atoms with Gasteiger partial charge in [-0.2, -0.15) is 0 Å². The second kappa shape index (κ2) is 8.18. The average Bonchev–Trinajstić information content (AvgIpc) is 2.83. The van der Waals surface area contributed by atoms with Gasteiger partial charge in [0.2, 0.25) is 5.91 Å². The van der Waals surface area contributed by atoms with Crippen LogP contribution in [0.25, 0.3) is 0 Å². The fourth-order valence-electron chi connectivity index (χ4n) is 11.3. The van der Waals surface area contributed by atoms with Gasteiger partial charge in [-0.25, -0.2) is 0 Å². The summed E-state index contributed by atoms with van der Waals surface area (Å²) in [6.45, 7) is 16.2. The quantitative estimate of drug-likeness (QED) is 0.276. The monoisotopic (exact) mass is 511 g/mol. The number of rotatable bonds is 2. The molecule has 5 rings (SSSR count). The molecular weight excluding hydrogens is 462 g/mol. The number of primary amides is 1. The van der Waals surface area contributed by atoms with Crippen molar-refractivity contribution in [1.82, 2.24) is 0 Å². The Morgan fingerprint density at radius 2 is 1.65 bits per heavy atom. The molecule has 4 fully saturated rings. The van der Waals surface area contributed by atoms with E-state index < -0.39 is 22.7 Å². The number of fused-ring (bicyclic) bond motifs is 7. The van der Waals surface area contributed by atoms with Crippen molar-refractivity contribution in [3.8, 4) is 0 Å². The number of allylic oxidation sites excluding steroid dienone is 2. The lowest BCUT2D eigenvalue weighted by Crippen LogP contribution is -2.66. The van der Waals surface area contributed by atoms with Gasteiger partial charge < -0.3 is 10.5 Å². The SMILES string of the molecule is COC(=O)[C@]12CC[C@@H](C)[C@H](C)[C@H]1C1=CC[C@@H]3[C@@]4(C)C[C@@H](C(N)=O)C(=O)C(C)(C)[C@@H]4CC[C@@]3(C)[C@]1(C)CC2. The van der Waals surface area contributed by atoms with Gasteiger partial charge in [0.05, 0.1) is 18.4 Å². The molecular formula is C32H49NO4. The molecule has 0 aromatic rings. The topological polar surface area (TPSA) is 86.5 Å². The molecule has 0 saturated heterocycles. The Labute approximate surface area is 223 Å². The zero-order chi connectivity index (χ0) is 27.3. The van der Waals surface area contributed by atoms with E-state index in [0.29, 0.717) is 24.2 Å². The van der Waals surface area contributed by atoms with Gasteiger partial charge in [-0.1, -0.05) is 60.1 Å². The molecule has 4 saturated carbocycles. The van der Waals surface area contributed by atoms with Crippen LogP contribution in [0.1, 0.15) is 99.8 Å². The first-order valence-electron chi connectivity index (χ1n) is 14.7. The van der Waals surface area contributed by atoms with E-state index in [4.69, 9.17) is 10.5 Å². The molecule has 37 heavy (non-hydrogen) atoms.